The number of ether oxygens (including phenoxy) is 2. The van der Waals surface area contributed by atoms with Crippen molar-refractivity contribution in [1.29, 1.82) is 0 Å². The summed E-state index contributed by atoms with van der Waals surface area (Å²) in [4.78, 5) is 27.7. The molecule has 5 rings (SSSR count). The Hall–Kier alpha value is -2.62. The van der Waals surface area contributed by atoms with Crippen LogP contribution in [0.2, 0.25) is 0 Å². The number of carbonyl (C=O) groups excluding carboxylic acids is 2. The van der Waals surface area contributed by atoms with Crippen LogP contribution >= 0.6 is 0 Å². The minimum absolute atomic E-state index is 0.278. The first-order valence-electron chi connectivity index (χ1n) is 20.1. The molecule has 0 aromatic heterocycles. The Morgan fingerprint density at radius 2 is 0.792 bits per heavy atom. The van der Waals surface area contributed by atoms with Gasteiger partial charge in [-0.3, -0.25) is 9.59 Å². The van der Waals surface area contributed by atoms with Gasteiger partial charge in [-0.1, -0.05) is 115 Å². The number of hydrogen-bond donors (Lipinski definition) is 0. The molecule has 0 atom stereocenters. The third kappa shape index (κ3) is 8.94. The molecule has 0 aliphatic heterocycles. The van der Waals surface area contributed by atoms with Crippen LogP contribution in [-0.2, 0) is 9.59 Å². The van der Waals surface area contributed by atoms with Crippen LogP contribution in [0.5, 0.6) is 11.5 Å². The van der Waals surface area contributed by atoms with Crippen LogP contribution in [0.1, 0.15) is 178 Å². The molecule has 0 amide bonds. The average molecular weight is 657 g/mol. The molecule has 2 spiro atoms. The van der Waals surface area contributed by atoms with Crippen molar-refractivity contribution in [2.24, 2.45) is 10.8 Å². The Labute approximate surface area is 292 Å². The summed E-state index contributed by atoms with van der Waals surface area (Å²) in [5.74, 6) is 3.29. The van der Waals surface area contributed by atoms with Gasteiger partial charge in [0.05, 0.1) is 24.0 Å². The lowest BCUT2D eigenvalue weighted by molar-refractivity contribution is -0.177. The fourth-order valence-corrected chi connectivity index (χ4v) is 9.03. The molecule has 3 saturated carbocycles. The minimum atomic E-state index is -0.697. The molecule has 0 radical (unpaired) electrons. The summed E-state index contributed by atoms with van der Waals surface area (Å²) in [6, 6.07) is 17.2. The van der Waals surface area contributed by atoms with Gasteiger partial charge in [0.1, 0.15) is 11.5 Å². The standard InChI is InChI=1S/C44H64O4/c1-3-5-7-9-11-13-15-33-47-39-21-17-35(18-22-39)37-25-29-43(30-26-37)41(45)44(42(43)46)31-27-38(28-32-44)36-19-23-40(24-20-36)48-34-16-14-12-10-8-6-4-2/h17-24,37-38H,3-16,25-34H2,1-2H3. The molecular weight excluding hydrogens is 592 g/mol. The molecule has 48 heavy (non-hydrogen) atoms. The second kappa shape index (κ2) is 18.4. The van der Waals surface area contributed by atoms with E-state index in [2.05, 4.69) is 62.4 Å². The zero-order valence-corrected chi connectivity index (χ0v) is 30.4. The van der Waals surface area contributed by atoms with Crippen molar-refractivity contribution in [2.45, 2.75) is 167 Å². The lowest BCUT2D eigenvalue weighted by Gasteiger charge is -2.57. The van der Waals surface area contributed by atoms with Crippen LogP contribution < -0.4 is 9.47 Å². The van der Waals surface area contributed by atoms with Gasteiger partial charge >= 0.3 is 0 Å². The van der Waals surface area contributed by atoms with Crippen LogP contribution in [0.3, 0.4) is 0 Å². The molecule has 3 fully saturated rings. The maximum atomic E-state index is 13.9. The molecule has 2 aromatic rings. The van der Waals surface area contributed by atoms with Gasteiger partial charge in [-0.05, 0) is 111 Å². The fourth-order valence-electron chi connectivity index (χ4n) is 9.03. The number of unbranched alkanes of at least 4 members (excludes halogenated alkanes) is 12. The van der Waals surface area contributed by atoms with E-state index >= 15 is 0 Å². The number of hydrogen-bond acceptors (Lipinski definition) is 4. The van der Waals surface area contributed by atoms with Gasteiger partial charge in [-0.2, -0.15) is 0 Å². The van der Waals surface area contributed by atoms with E-state index in [0.29, 0.717) is 11.8 Å². The van der Waals surface area contributed by atoms with Crippen LogP contribution in [0.15, 0.2) is 48.5 Å². The number of rotatable bonds is 20. The van der Waals surface area contributed by atoms with Crippen molar-refractivity contribution >= 4 is 11.6 Å². The smallest absolute Gasteiger partial charge is 0.159 e. The molecule has 0 heterocycles. The third-order valence-corrected chi connectivity index (χ3v) is 12.2. The molecule has 0 saturated heterocycles. The Morgan fingerprint density at radius 1 is 0.479 bits per heavy atom. The highest BCUT2D eigenvalue weighted by Crippen LogP contribution is 2.62. The van der Waals surface area contributed by atoms with Crippen molar-refractivity contribution in [1.82, 2.24) is 0 Å². The molecule has 2 aromatic carbocycles. The number of Topliss-reactive ketones (excluding diaryl/α,β-unsaturated/α-hetero) is 2. The maximum absolute atomic E-state index is 13.9. The Kier molecular flexibility index (Phi) is 14.0. The highest BCUT2D eigenvalue weighted by Gasteiger charge is 2.70. The zero-order chi connectivity index (χ0) is 33.7. The highest BCUT2D eigenvalue weighted by atomic mass is 16.5. The SMILES string of the molecule is CCCCCCCCCOc1ccc(C2CCC3(CC2)C(=O)C2(CCC(c4ccc(OCCCCCCCCC)cc4)CC2)C3=O)cc1. The monoisotopic (exact) mass is 656 g/mol. The Morgan fingerprint density at radius 3 is 1.12 bits per heavy atom. The second-order valence-electron chi connectivity index (χ2n) is 15.4. The molecule has 264 valence electrons. The molecule has 3 aliphatic carbocycles. The van der Waals surface area contributed by atoms with Gasteiger partial charge in [0.25, 0.3) is 0 Å². The summed E-state index contributed by atoms with van der Waals surface area (Å²) < 4.78 is 12.0. The van der Waals surface area contributed by atoms with Gasteiger partial charge < -0.3 is 9.47 Å². The summed E-state index contributed by atoms with van der Waals surface area (Å²) in [5, 5.41) is 0. The summed E-state index contributed by atoms with van der Waals surface area (Å²) in [5.41, 5.74) is 1.24. The van der Waals surface area contributed by atoms with Crippen LogP contribution in [0.4, 0.5) is 0 Å². The quantitative estimate of drug-likeness (QED) is 0.105. The fraction of sp³-hybridized carbons (Fsp3) is 0.682. The number of ketones is 2. The van der Waals surface area contributed by atoms with E-state index in [1.165, 1.54) is 88.2 Å². The van der Waals surface area contributed by atoms with Gasteiger partial charge in [0.15, 0.2) is 11.6 Å². The van der Waals surface area contributed by atoms with E-state index in [4.69, 9.17) is 9.47 Å². The Bertz CT molecular complexity index is 1130. The first-order valence-corrected chi connectivity index (χ1v) is 20.1. The van der Waals surface area contributed by atoms with Crippen LogP contribution in [0, 0.1) is 10.8 Å². The van der Waals surface area contributed by atoms with E-state index in [0.717, 1.165) is 88.9 Å². The molecule has 0 N–H and O–H groups in total. The van der Waals surface area contributed by atoms with Gasteiger partial charge in [-0.15, -0.1) is 0 Å². The average Bonchev–Trinajstić information content (AvgIpc) is 3.14. The van der Waals surface area contributed by atoms with E-state index in [-0.39, 0.29) is 11.6 Å². The van der Waals surface area contributed by atoms with Crippen molar-refractivity contribution in [3.8, 4) is 11.5 Å². The molecule has 0 unspecified atom stereocenters. The zero-order valence-electron chi connectivity index (χ0n) is 30.4. The van der Waals surface area contributed by atoms with Crippen LogP contribution in [-0.4, -0.2) is 24.8 Å². The largest absolute Gasteiger partial charge is 0.494 e. The summed E-state index contributed by atoms with van der Waals surface area (Å²) >= 11 is 0. The lowest BCUT2D eigenvalue weighted by Crippen LogP contribution is -2.68. The second-order valence-corrected chi connectivity index (χ2v) is 15.4. The molecular formula is C44H64O4. The van der Waals surface area contributed by atoms with Gasteiger partial charge in [0.2, 0.25) is 0 Å². The molecule has 0 bridgehead atoms. The lowest BCUT2D eigenvalue weighted by atomic mass is 9.42. The van der Waals surface area contributed by atoms with Crippen LogP contribution in [0.25, 0.3) is 0 Å². The van der Waals surface area contributed by atoms with E-state index < -0.39 is 10.8 Å². The first kappa shape index (κ1) is 36.7. The predicted molar refractivity (Wildman–Crippen MR) is 197 cm³/mol. The topological polar surface area (TPSA) is 52.6 Å². The first-order chi connectivity index (χ1) is 23.5. The highest BCUT2D eigenvalue weighted by molar-refractivity contribution is 6.30. The van der Waals surface area contributed by atoms with E-state index in [9.17, 15) is 9.59 Å². The van der Waals surface area contributed by atoms with Crippen molar-refractivity contribution in [3.63, 3.8) is 0 Å². The van der Waals surface area contributed by atoms with E-state index in [1.807, 2.05) is 0 Å². The van der Waals surface area contributed by atoms with Crippen molar-refractivity contribution < 1.29 is 19.1 Å². The third-order valence-electron chi connectivity index (χ3n) is 12.2. The van der Waals surface area contributed by atoms with Crippen molar-refractivity contribution in [3.05, 3.63) is 59.7 Å². The molecule has 3 aliphatic rings. The Balaban J connectivity index is 1.00. The molecule has 4 nitrogen and oxygen atoms in total. The van der Waals surface area contributed by atoms with E-state index in [1.54, 1.807) is 0 Å². The summed E-state index contributed by atoms with van der Waals surface area (Å²) in [7, 11) is 0. The van der Waals surface area contributed by atoms with Gasteiger partial charge in [-0.25, -0.2) is 0 Å². The number of carbonyl (C=O) groups is 2. The summed E-state index contributed by atoms with van der Waals surface area (Å²) in [6.07, 6.45) is 24.6. The van der Waals surface area contributed by atoms with Crippen molar-refractivity contribution in [2.75, 3.05) is 13.2 Å². The predicted octanol–water partition coefficient (Wildman–Crippen LogP) is 12.1. The molecule has 4 heteroatoms. The minimum Gasteiger partial charge on any atom is -0.494 e. The number of benzene rings is 2. The van der Waals surface area contributed by atoms with Gasteiger partial charge in [0, 0.05) is 0 Å². The summed E-state index contributed by atoms with van der Waals surface area (Å²) in [6.45, 7) is 6.09. The normalized spacial score (nSPS) is 25.4. The maximum Gasteiger partial charge on any atom is 0.159 e.